The van der Waals surface area contributed by atoms with Gasteiger partial charge in [-0.25, -0.2) is 0 Å². The highest BCUT2D eigenvalue weighted by Crippen LogP contribution is 2.05. The Labute approximate surface area is 120 Å². The summed E-state index contributed by atoms with van der Waals surface area (Å²) < 4.78 is 0. The lowest BCUT2D eigenvalue weighted by Crippen LogP contribution is -2.42. The maximum Gasteiger partial charge on any atom is 0.236 e. The topological polar surface area (TPSA) is 55.1 Å². The van der Waals surface area contributed by atoms with Gasteiger partial charge >= 0.3 is 0 Å². The highest BCUT2D eigenvalue weighted by molar-refractivity contribution is 7.98. The van der Waals surface area contributed by atoms with Crippen molar-refractivity contribution < 1.29 is 4.79 Å². The standard InChI is InChI=1S/C15H24N2OS/c1-12(11-19-2)10-17-15(18)14(16)9-8-13-6-4-3-5-7-13/h3-7,12,14H,8-11,16H2,1-2H3,(H,17,18). The quantitative estimate of drug-likeness (QED) is 0.766. The molecule has 3 N–H and O–H groups in total. The first-order chi connectivity index (χ1) is 9.13. The van der Waals surface area contributed by atoms with E-state index in [2.05, 4.69) is 30.6 Å². The van der Waals surface area contributed by atoms with Crippen LogP contribution in [0.3, 0.4) is 0 Å². The van der Waals surface area contributed by atoms with E-state index in [0.717, 1.165) is 12.2 Å². The second kappa shape index (κ2) is 8.99. The Morgan fingerprint density at radius 1 is 1.37 bits per heavy atom. The van der Waals surface area contributed by atoms with E-state index in [1.807, 2.05) is 18.2 Å². The molecule has 0 aliphatic rings. The molecule has 1 amide bonds. The van der Waals surface area contributed by atoms with Crippen LogP contribution >= 0.6 is 11.8 Å². The molecular formula is C15H24N2OS. The van der Waals surface area contributed by atoms with Crippen molar-refractivity contribution in [1.82, 2.24) is 5.32 Å². The molecule has 4 heteroatoms. The number of nitrogens with one attached hydrogen (secondary N) is 1. The maximum absolute atomic E-state index is 11.8. The summed E-state index contributed by atoms with van der Waals surface area (Å²) in [5, 5.41) is 2.93. The van der Waals surface area contributed by atoms with Crippen LogP contribution in [0.4, 0.5) is 0 Å². The molecule has 1 aromatic carbocycles. The molecule has 0 aliphatic heterocycles. The summed E-state index contributed by atoms with van der Waals surface area (Å²) in [5.74, 6) is 1.50. The van der Waals surface area contributed by atoms with Gasteiger partial charge in [0.1, 0.15) is 0 Å². The number of aryl methyl sites for hydroxylation is 1. The number of carbonyl (C=O) groups is 1. The summed E-state index contributed by atoms with van der Waals surface area (Å²) in [5.41, 5.74) is 7.13. The van der Waals surface area contributed by atoms with Crippen LogP contribution < -0.4 is 11.1 Å². The number of hydrogen-bond donors (Lipinski definition) is 2. The molecule has 0 spiro atoms. The summed E-state index contributed by atoms with van der Waals surface area (Å²) in [4.78, 5) is 11.8. The average molecular weight is 280 g/mol. The van der Waals surface area contributed by atoms with Gasteiger partial charge in [-0.2, -0.15) is 11.8 Å². The van der Waals surface area contributed by atoms with Crippen molar-refractivity contribution in [3.8, 4) is 0 Å². The fourth-order valence-corrected chi connectivity index (χ4v) is 2.53. The fraction of sp³-hybridized carbons (Fsp3) is 0.533. The molecule has 0 saturated carbocycles. The Hall–Kier alpha value is -1.00. The second-order valence-electron chi connectivity index (χ2n) is 4.94. The van der Waals surface area contributed by atoms with Gasteiger partial charge < -0.3 is 11.1 Å². The van der Waals surface area contributed by atoms with Crippen LogP contribution in [0.15, 0.2) is 30.3 Å². The van der Waals surface area contributed by atoms with Gasteiger partial charge in [0.25, 0.3) is 0 Å². The van der Waals surface area contributed by atoms with E-state index in [9.17, 15) is 4.79 Å². The SMILES string of the molecule is CSCC(C)CNC(=O)C(N)CCc1ccccc1. The Morgan fingerprint density at radius 3 is 2.68 bits per heavy atom. The zero-order valence-electron chi connectivity index (χ0n) is 11.8. The molecule has 0 radical (unpaired) electrons. The summed E-state index contributed by atoms with van der Waals surface area (Å²) >= 11 is 1.79. The van der Waals surface area contributed by atoms with Gasteiger partial charge in [0, 0.05) is 6.54 Å². The Kier molecular flexibility index (Phi) is 7.60. The number of thioether (sulfide) groups is 1. The molecule has 2 atom stereocenters. The maximum atomic E-state index is 11.8. The van der Waals surface area contributed by atoms with Crippen LogP contribution in [-0.2, 0) is 11.2 Å². The van der Waals surface area contributed by atoms with E-state index in [1.54, 1.807) is 11.8 Å². The molecule has 1 rings (SSSR count). The van der Waals surface area contributed by atoms with E-state index in [-0.39, 0.29) is 5.91 Å². The van der Waals surface area contributed by atoms with Crippen LogP contribution in [0.5, 0.6) is 0 Å². The van der Waals surface area contributed by atoms with Gasteiger partial charge in [-0.3, -0.25) is 4.79 Å². The first-order valence-corrected chi connectivity index (χ1v) is 8.09. The number of nitrogens with two attached hydrogens (primary N) is 1. The van der Waals surface area contributed by atoms with E-state index in [0.29, 0.717) is 18.9 Å². The monoisotopic (exact) mass is 280 g/mol. The van der Waals surface area contributed by atoms with E-state index in [4.69, 9.17) is 5.73 Å². The van der Waals surface area contributed by atoms with Crippen LogP contribution in [0.2, 0.25) is 0 Å². The van der Waals surface area contributed by atoms with Crippen LogP contribution in [0, 0.1) is 5.92 Å². The molecule has 0 fully saturated rings. The van der Waals surface area contributed by atoms with Crippen molar-refractivity contribution in [3.63, 3.8) is 0 Å². The Balaban J connectivity index is 2.25. The summed E-state index contributed by atoms with van der Waals surface area (Å²) in [6, 6.07) is 9.71. The van der Waals surface area contributed by atoms with Crippen molar-refractivity contribution in [2.45, 2.75) is 25.8 Å². The fourth-order valence-electron chi connectivity index (χ4n) is 1.85. The summed E-state index contributed by atoms with van der Waals surface area (Å²) in [6.45, 7) is 2.84. The Bertz CT molecular complexity index is 370. The minimum atomic E-state index is -0.415. The molecule has 2 unspecified atom stereocenters. The van der Waals surface area contributed by atoms with E-state index >= 15 is 0 Å². The van der Waals surface area contributed by atoms with Crippen LogP contribution in [-0.4, -0.2) is 30.5 Å². The first-order valence-electron chi connectivity index (χ1n) is 6.69. The molecule has 0 aromatic heterocycles. The lowest BCUT2D eigenvalue weighted by Gasteiger charge is -2.15. The number of benzene rings is 1. The predicted octanol–water partition coefficient (Wildman–Crippen LogP) is 2.06. The van der Waals surface area contributed by atoms with Gasteiger partial charge in [0.2, 0.25) is 5.91 Å². The molecule has 0 heterocycles. The minimum Gasteiger partial charge on any atom is -0.354 e. The lowest BCUT2D eigenvalue weighted by molar-refractivity contribution is -0.122. The highest BCUT2D eigenvalue weighted by Gasteiger charge is 2.13. The van der Waals surface area contributed by atoms with Crippen molar-refractivity contribution in [3.05, 3.63) is 35.9 Å². The number of hydrogen-bond acceptors (Lipinski definition) is 3. The van der Waals surface area contributed by atoms with Gasteiger partial charge in [0.05, 0.1) is 6.04 Å². The molecule has 19 heavy (non-hydrogen) atoms. The van der Waals surface area contributed by atoms with E-state index in [1.165, 1.54) is 5.56 Å². The second-order valence-corrected chi connectivity index (χ2v) is 5.85. The van der Waals surface area contributed by atoms with Crippen molar-refractivity contribution in [2.24, 2.45) is 11.7 Å². The lowest BCUT2D eigenvalue weighted by atomic mass is 10.1. The summed E-state index contributed by atoms with van der Waals surface area (Å²) in [7, 11) is 0. The van der Waals surface area contributed by atoms with Gasteiger partial charge in [-0.15, -0.1) is 0 Å². The minimum absolute atomic E-state index is 0.0381. The number of amides is 1. The normalized spacial score (nSPS) is 13.8. The first kappa shape index (κ1) is 16.1. The average Bonchev–Trinajstić information content (AvgIpc) is 2.43. The number of rotatable bonds is 8. The molecule has 0 aliphatic carbocycles. The third-order valence-corrected chi connectivity index (χ3v) is 3.90. The van der Waals surface area contributed by atoms with Crippen molar-refractivity contribution >= 4 is 17.7 Å². The highest BCUT2D eigenvalue weighted by atomic mass is 32.2. The molecular weight excluding hydrogens is 256 g/mol. The predicted molar refractivity (Wildman–Crippen MR) is 83.3 cm³/mol. The Morgan fingerprint density at radius 2 is 2.05 bits per heavy atom. The molecule has 1 aromatic rings. The zero-order chi connectivity index (χ0) is 14.1. The number of carbonyl (C=O) groups excluding carboxylic acids is 1. The smallest absolute Gasteiger partial charge is 0.236 e. The van der Waals surface area contributed by atoms with E-state index < -0.39 is 6.04 Å². The molecule has 0 bridgehead atoms. The third-order valence-electron chi connectivity index (χ3n) is 3.00. The van der Waals surface area contributed by atoms with Crippen LogP contribution in [0.1, 0.15) is 18.9 Å². The zero-order valence-corrected chi connectivity index (χ0v) is 12.6. The van der Waals surface area contributed by atoms with Crippen LogP contribution in [0.25, 0.3) is 0 Å². The summed E-state index contributed by atoms with van der Waals surface area (Å²) in [6.07, 6.45) is 3.60. The van der Waals surface area contributed by atoms with Gasteiger partial charge in [0.15, 0.2) is 0 Å². The molecule has 106 valence electrons. The largest absolute Gasteiger partial charge is 0.354 e. The van der Waals surface area contributed by atoms with Crippen molar-refractivity contribution in [1.29, 1.82) is 0 Å². The van der Waals surface area contributed by atoms with Gasteiger partial charge in [-0.05, 0) is 36.3 Å². The molecule has 3 nitrogen and oxygen atoms in total. The molecule has 0 saturated heterocycles. The van der Waals surface area contributed by atoms with Crippen molar-refractivity contribution in [2.75, 3.05) is 18.6 Å². The third kappa shape index (κ3) is 6.64. The van der Waals surface area contributed by atoms with Gasteiger partial charge in [-0.1, -0.05) is 37.3 Å².